The van der Waals surface area contributed by atoms with Gasteiger partial charge in [-0.2, -0.15) is 11.8 Å². The summed E-state index contributed by atoms with van der Waals surface area (Å²) < 4.78 is 0. The second-order valence-corrected chi connectivity index (χ2v) is 4.36. The average molecular weight is 144 g/mol. The first-order valence-corrected chi connectivity index (χ1v) is 4.35. The van der Waals surface area contributed by atoms with Gasteiger partial charge < -0.3 is 0 Å². The van der Waals surface area contributed by atoms with Crippen molar-refractivity contribution in [2.45, 2.75) is 20.3 Å². The first-order valence-electron chi connectivity index (χ1n) is 3.20. The predicted molar refractivity (Wildman–Crippen MR) is 40.7 cm³/mol. The molecule has 1 aliphatic rings. The van der Waals surface area contributed by atoms with E-state index in [0.717, 1.165) is 17.9 Å². The minimum Gasteiger partial charge on any atom is -0.299 e. The van der Waals surface area contributed by atoms with Gasteiger partial charge in [-0.1, -0.05) is 13.8 Å². The molecule has 0 spiro atoms. The highest BCUT2D eigenvalue weighted by Gasteiger charge is 2.26. The van der Waals surface area contributed by atoms with Crippen LogP contribution in [0.15, 0.2) is 0 Å². The average Bonchev–Trinajstić information content (AvgIpc) is 1.60. The molecule has 1 heterocycles. The van der Waals surface area contributed by atoms with Gasteiger partial charge in [0.25, 0.3) is 0 Å². The van der Waals surface area contributed by atoms with E-state index in [0.29, 0.717) is 5.78 Å². The Morgan fingerprint density at radius 3 is 2.56 bits per heavy atom. The van der Waals surface area contributed by atoms with Crippen LogP contribution in [0.5, 0.6) is 0 Å². The standard InChI is InChI=1S/C7H12OS/c1-7(2)3-6(8)4-9-5-7/h3-5H2,1-2H3. The number of rotatable bonds is 0. The Bertz CT molecular complexity index is 129. The van der Waals surface area contributed by atoms with Crippen molar-refractivity contribution in [1.82, 2.24) is 0 Å². The molecule has 0 bridgehead atoms. The van der Waals surface area contributed by atoms with Gasteiger partial charge in [0.15, 0.2) is 0 Å². The number of hydrogen-bond acceptors (Lipinski definition) is 2. The minimum absolute atomic E-state index is 0.264. The van der Waals surface area contributed by atoms with Crippen LogP contribution in [0, 0.1) is 5.41 Å². The fourth-order valence-electron chi connectivity index (χ4n) is 1.08. The van der Waals surface area contributed by atoms with Gasteiger partial charge in [0.1, 0.15) is 5.78 Å². The van der Waals surface area contributed by atoms with Crippen LogP contribution in [0.1, 0.15) is 20.3 Å². The molecule has 0 radical (unpaired) electrons. The van der Waals surface area contributed by atoms with Gasteiger partial charge in [0.2, 0.25) is 0 Å². The maximum Gasteiger partial charge on any atom is 0.143 e. The van der Waals surface area contributed by atoms with E-state index in [2.05, 4.69) is 13.8 Å². The van der Waals surface area contributed by atoms with Crippen LogP contribution in [0.2, 0.25) is 0 Å². The molecule has 0 aromatic rings. The van der Waals surface area contributed by atoms with Gasteiger partial charge in [-0.25, -0.2) is 0 Å². The monoisotopic (exact) mass is 144 g/mol. The normalized spacial score (nSPS) is 26.2. The molecule has 0 amide bonds. The van der Waals surface area contributed by atoms with Crippen molar-refractivity contribution >= 4 is 17.5 Å². The Labute approximate surface area is 60.2 Å². The molecule has 1 fully saturated rings. The van der Waals surface area contributed by atoms with Crippen LogP contribution in [0.25, 0.3) is 0 Å². The van der Waals surface area contributed by atoms with Crippen molar-refractivity contribution in [2.75, 3.05) is 11.5 Å². The zero-order valence-electron chi connectivity index (χ0n) is 5.94. The molecule has 52 valence electrons. The summed E-state index contributed by atoms with van der Waals surface area (Å²) in [4.78, 5) is 10.9. The van der Waals surface area contributed by atoms with Gasteiger partial charge in [-0.15, -0.1) is 0 Å². The Hall–Kier alpha value is 0.0200. The van der Waals surface area contributed by atoms with Crippen LogP contribution < -0.4 is 0 Å². The molecule has 0 aromatic heterocycles. The highest BCUT2D eigenvalue weighted by molar-refractivity contribution is 8.00. The molecule has 0 N–H and O–H groups in total. The first-order chi connectivity index (χ1) is 4.10. The number of hydrogen-bond donors (Lipinski definition) is 0. The fraction of sp³-hybridized carbons (Fsp3) is 0.857. The van der Waals surface area contributed by atoms with E-state index in [4.69, 9.17) is 0 Å². The molecule has 1 nitrogen and oxygen atoms in total. The number of carbonyl (C=O) groups excluding carboxylic acids is 1. The highest BCUT2D eigenvalue weighted by Crippen LogP contribution is 2.30. The lowest BCUT2D eigenvalue weighted by Crippen LogP contribution is -2.26. The van der Waals surface area contributed by atoms with E-state index in [-0.39, 0.29) is 5.41 Å². The van der Waals surface area contributed by atoms with Crippen molar-refractivity contribution in [3.63, 3.8) is 0 Å². The molecule has 0 atom stereocenters. The number of Topliss-reactive ketones (excluding diaryl/α,β-unsaturated/α-hetero) is 1. The summed E-state index contributed by atoms with van der Waals surface area (Å²) in [5, 5.41) is 0. The predicted octanol–water partition coefficient (Wildman–Crippen LogP) is 1.72. The van der Waals surface area contributed by atoms with Gasteiger partial charge >= 0.3 is 0 Å². The lowest BCUT2D eigenvalue weighted by molar-refractivity contribution is -0.118. The molecule has 2 heteroatoms. The van der Waals surface area contributed by atoms with E-state index >= 15 is 0 Å². The van der Waals surface area contributed by atoms with E-state index < -0.39 is 0 Å². The molecule has 0 unspecified atom stereocenters. The molecule has 0 aliphatic carbocycles. The lowest BCUT2D eigenvalue weighted by Gasteiger charge is -2.27. The van der Waals surface area contributed by atoms with Gasteiger partial charge in [0.05, 0.1) is 5.75 Å². The molecule has 0 aromatic carbocycles. The summed E-state index contributed by atoms with van der Waals surface area (Å²) in [5.74, 6) is 2.29. The van der Waals surface area contributed by atoms with Gasteiger partial charge in [-0.05, 0) is 11.2 Å². The summed E-state index contributed by atoms with van der Waals surface area (Å²) >= 11 is 1.76. The maximum atomic E-state index is 10.9. The van der Waals surface area contributed by atoms with Crippen LogP contribution in [0.4, 0.5) is 0 Å². The summed E-state index contributed by atoms with van der Waals surface area (Å²) in [7, 11) is 0. The summed E-state index contributed by atoms with van der Waals surface area (Å²) in [6, 6.07) is 0. The Morgan fingerprint density at radius 1 is 1.56 bits per heavy atom. The second-order valence-electron chi connectivity index (χ2n) is 3.37. The number of carbonyl (C=O) groups is 1. The Balaban J connectivity index is 2.51. The summed E-state index contributed by atoms with van der Waals surface area (Å²) in [5.41, 5.74) is 0.264. The topological polar surface area (TPSA) is 17.1 Å². The van der Waals surface area contributed by atoms with E-state index in [1.165, 1.54) is 0 Å². The van der Waals surface area contributed by atoms with Crippen molar-refractivity contribution in [2.24, 2.45) is 5.41 Å². The maximum absolute atomic E-state index is 10.9. The van der Waals surface area contributed by atoms with E-state index in [9.17, 15) is 4.79 Å². The van der Waals surface area contributed by atoms with Crippen LogP contribution >= 0.6 is 11.8 Å². The zero-order chi connectivity index (χ0) is 6.91. The number of thioether (sulfide) groups is 1. The Kier molecular flexibility index (Phi) is 1.85. The van der Waals surface area contributed by atoms with Crippen molar-refractivity contribution in [3.8, 4) is 0 Å². The van der Waals surface area contributed by atoms with Crippen molar-refractivity contribution in [1.29, 1.82) is 0 Å². The number of ketones is 1. The largest absolute Gasteiger partial charge is 0.299 e. The molecular weight excluding hydrogens is 132 g/mol. The highest BCUT2D eigenvalue weighted by atomic mass is 32.2. The SMILES string of the molecule is CC1(C)CSCC(=O)C1. The van der Waals surface area contributed by atoms with Crippen LogP contribution in [-0.4, -0.2) is 17.3 Å². The first kappa shape index (κ1) is 7.13. The van der Waals surface area contributed by atoms with Gasteiger partial charge in [-0.3, -0.25) is 4.79 Å². The second kappa shape index (κ2) is 2.33. The van der Waals surface area contributed by atoms with Crippen molar-refractivity contribution in [3.05, 3.63) is 0 Å². The quantitative estimate of drug-likeness (QED) is 0.515. The van der Waals surface area contributed by atoms with Crippen LogP contribution in [-0.2, 0) is 4.79 Å². The molecular formula is C7H12OS. The molecule has 0 saturated carbocycles. The molecule has 9 heavy (non-hydrogen) atoms. The van der Waals surface area contributed by atoms with Crippen molar-refractivity contribution < 1.29 is 4.79 Å². The third kappa shape index (κ3) is 2.01. The van der Waals surface area contributed by atoms with E-state index in [1.54, 1.807) is 11.8 Å². The third-order valence-electron chi connectivity index (χ3n) is 1.43. The summed E-state index contributed by atoms with van der Waals surface area (Å²) in [6.45, 7) is 4.30. The summed E-state index contributed by atoms with van der Waals surface area (Å²) in [6.07, 6.45) is 0.778. The Morgan fingerprint density at radius 2 is 2.22 bits per heavy atom. The lowest BCUT2D eigenvalue weighted by atomic mass is 9.90. The fourth-order valence-corrected chi connectivity index (χ4v) is 2.16. The van der Waals surface area contributed by atoms with Crippen LogP contribution in [0.3, 0.4) is 0 Å². The molecule has 1 saturated heterocycles. The smallest absolute Gasteiger partial charge is 0.143 e. The third-order valence-corrected chi connectivity index (χ3v) is 2.94. The molecule has 1 rings (SSSR count). The molecule has 1 aliphatic heterocycles. The minimum atomic E-state index is 0.264. The van der Waals surface area contributed by atoms with E-state index in [1.807, 2.05) is 0 Å². The van der Waals surface area contributed by atoms with Gasteiger partial charge in [0, 0.05) is 6.42 Å². The zero-order valence-corrected chi connectivity index (χ0v) is 6.75.